The maximum atomic E-state index is 11.7. The minimum atomic E-state index is -0.183. The summed E-state index contributed by atoms with van der Waals surface area (Å²) in [6, 6.07) is 5.77. The van der Waals surface area contributed by atoms with Crippen LogP contribution in [0.25, 0.3) is 0 Å². The van der Waals surface area contributed by atoms with Gasteiger partial charge < -0.3 is 10.6 Å². The number of aryl methyl sites for hydroxylation is 1. The Hall–Kier alpha value is -1.84. The Morgan fingerprint density at radius 1 is 1.28 bits per heavy atom. The molecule has 0 atom stereocenters. The summed E-state index contributed by atoms with van der Waals surface area (Å²) in [5.74, 6) is -0.0534. The highest BCUT2D eigenvalue weighted by Gasteiger charge is 2.29. The molecule has 0 bridgehead atoms. The quantitative estimate of drug-likeness (QED) is 0.850. The first-order valence-electron chi connectivity index (χ1n) is 6.21. The van der Waals surface area contributed by atoms with Crippen LogP contribution in [0, 0.1) is 19.8 Å². The summed E-state index contributed by atoms with van der Waals surface area (Å²) in [6.07, 6.45) is 1.90. The van der Waals surface area contributed by atoms with Crippen molar-refractivity contribution >= 4 is 17.5 Å². The molecular weight excluding hydrogens is 228 g/mol. The predicted octanol–water partition coefficient (Wildman–Crippen LogP) is 1.77. The highest BCUT2D eigenvalue weighted by molar-refractivity contribution is 5.95. The van der Waals surface area contributed by atoms with Gasteiger partial charge in [-0.15, -0.1) is 0 Å². The Kier molecular flexibility index (Phi) is 3.65. The Morgan fingerprint density at radius 2 is 2.00 bits per heavy atom. The van der Waals surface area contributed by atoms with Crippen LogP contribution in [0.3, 0.4) is 0 Å². The number of hydrogen-bond donors (Lipinski definition) is 2. The third kappa shape index (κ3) is 3.09. The minimum absolute atomic E-state index is 0.00823. The van der Waals surface area contributed by atoms with Crippen LogP contribution in [0.5, 0.6) is 0 Å². The van der Waals surface area contributed by atoms with Crippen LogP contribution in [0.4, 0.5) is 5.69 Å². The molecule has 96 valence electrons. The zero-order valence-corrected chi connectivity index (χ0v) is 10.7. The number of benzene rings is 1. The first-order chi connectivity index (χ1) is 8.58. The fourth-order valence-electron chi connectivity index (χ4n) is 1.74. The number of carbonyl (C=O) groups excluding carboxylic acids is 2. The van der Waals surface area contributed by atoms with Crippen LogP contribution in [-0.4, -0.2) is 18.4 Å². The van der Waals surface area contributed by atoms with Gasteiger partial charge in [0.25, 0.3) is 0 Å². The molecule has 18 heavy (non-hydrogen) atoms. The number of rotatable bonds is 4. The fraction of sp³-hybridized carbons (Fsp3) is 0.429. The third-order valence-corrected chi connectivity index (χ3v) is 3.25. The first-order valence-corrected chi connectivity index (χ1v) is 6.21. The van der Waals surface area contributed by atoms with E-state index in [0.29, 0.717) is 0 Å². The van der Waals surface area contributed by atoms with E-state index < -0.39 is 0 Å². The maximum Gasteiger partial charge on any atom is 0.243 e. The monoisotopic (exact) mass is 246 g/mol. The Morgan fingerprint density at radius 3 is 2.67 bits per heavy atom. The van der Waals surface area contributed by atoms with E-state index in [9.17, 15) is 9.59 Å². The number of nitrogens with one attached hydrogen (secondary N) is 2. The SMILES string of the molecule is Cc1cccc(NC(=O)CNC(=O)C2CC2)c1C. The zero-order valence-electron chi connectivity index (χ0n) is 10.7. The molecule has 0 spiro atoms. The standard InChI is InChI=1S/C14H18N2O2/c1-9-4-3-5-12(10(9)2)16-13(17)8-15-14(18)11-6-7-11/h3-5,11H,6-8H2,1-2H3,(H,15,18)(H,16,17). The molecule has 0 radical (unpaired) electrons. The van der Waals surface area contributed by atoms with Crippen molar-refractivity contribution in [3.05, 3.63) is 29.3 Å². The van der Waals surface area contributed by atoms with Crippen LogP contribution >= 0.6 is 0 Å². The molecule has 0 aliphatic heterocycles. The van der Waals surface area contributed by atoms with Crippen molar-refractivity contribution in [3.8, 4) is 0 Å². The molecule has 4 nitrogen and oxygen atoms in total. The van der Waals surface area contributed by atoms with Crippen LogP contribution < -0.4 is 10.6 Å². The van der Waals surface area contributed by atoms with Crippen LogP contribution in [0.15, 0.2) is 18.2 Å². The van der Waals surface area contributed by atoms with Crippen molar-refractivity contribution in [2.24, 2.45) is 5.92 Å². The number of amides is 2. The van der Waals surface area contributed by atoms with Gasteiger partial charge in [0.05, 0.1) is 6.54 Å². The zero-order chi connectivity index (χ0) is 13.1. The summed E-state index contributed by atoms with van der Waals surface area (Å²) in [6.45, 7) is 4.01. The van der Waals surface area contributed by atoms with Gasteiger partial charge in [-0.05, 0) is 43.9 Å². The second-order valence-corrected chi connectivity index (χ2v) is 4.79. The summed E-state index contributed by atoms with van der Waals surface area (Å²) < 4.78 is 0. The highest BCUT2D eigenvalue weighted by Crippen LogP contribution is 2.28. The topological polar surface area (TPSA) is 58.2 Å². The molecule has 0 unspecified atom stereocenters. The van der Waals surface area contributed by atoms with Gasteiger partial charge in [-0.3, -0.25) is 9.59 Å². The van der Waals surface area contributed by atoms with Crippen molar-refractivity contribution < 1.29 is 9.59 Å². The van der Waals surface area contributed by atoms with Gasteiger partial charge in [0.1, 0.15) is 0 Å². The summed E-state index contributed by atoms with van der Waals surface area (Å²) in [4.78, 5) is 23.1. The summed E-state index contributed by atoms with van der Waals surface area (Å²) in [5, 5.41) is 5.46. The lowest BCUT2D eigenvalue weighted by Crippen LogP contribution is -2.33. The molecule has 0 saturated heterocycles. The predicted molar refractivity (Wildman–Crippen MR) is 70.3 cm³/mol. The summed E-state index contributed by atoms with van der Waals surface area (Å²) in [7, 11) is 0. The van der Waals surface area contributed by atoms with Crippen molar-refractivity contribution in [3.63, 3.8) is 0 Å². The molecule has 1 aromatic rings. The first kappa shape index (κ1) is 12.6. The number of anilines is 1. The second-order valence-electron chi connectivity index (χ2n) is 4.79. The van der Waals surface area contributed by atoms with Gasteiger partial charge in [0, 0.05) is 11.6 Å². The molecule has 1 fully saturated rings. The van der Waals surface area contributed by atoms with Gasteiger partial charge in [-0.25, -0.2) is 0 Å². The van der Waals surface area contributed by atoms with Gasteiger partial charge in [-0.2, -0.15) is 0 Å². The van der Waals surface area contributed by atoms with E-state index in [0.717, 1.165) is 29.7 Å². The number of hydrogen-bond acceptors (Lipinski definition) is 2. The summed E-state index contributed by atoms with van der Waals surface area (Å²) in [5.41, 5.74) is 3.00. The third-order valence-electron chi connectivity index (χ3n) is 3.25. The molecule has 1 aromatic carbocycles. The van der Waals surface area contributed by atoms with Crippen molar-refractivity contribution in [1.29, 1.82) is 0 Å². The minimum Gasteiger partial charge on any atom is -0.347 e. The van der Waals surface area contributed by atoms with E-state index >= 15 is 0 Å². The smallest absolute Gasteiger partial charge is 0.243 e. The Balaban J connectivity index is 1.86. The molecule has 0 aromatic heterocycles. The van der Waals surface area contributed by atoms with Crippen LogP contribution in [-0.2, 0) is 9.59 Å². The molecule has 2 rings (SSSR count). The largest absolute Gasteiger partial charge is 0.347 e. The molecule has 2 amide bonds. The van der Waals surface area contributed by atoms with E-state index in [1.54, 1.807) is 0 Å². The average Bonchev–Trinajstić information content (AvgIpc) is 3.16. The van der Waals surface area contributed by atoms with E-state index in [4.69, 9.17) is 0 Å². The van der Waals surface area contributed by atoms with Gasteiger partial charge in [-0.1, -0.05) is 12.1 Å². The molecule has 2 N–H and O–H groups in total. The molecule has 0 heterocycles. The van der Waals surface area contributed by atoms with Crippen molar-refractivity contribution in [1.82, 2.24) is 5.32 Å². The average molecular weight is 246 g/mol. The maximum absolute atomic E-state index is 11.7. The normalized spacial score (nSPS) is 14.1. The molecular formula is C14H18N2O2. The van der Waals surface area contributed by atoms with E-state index in [-0.39, 0.29) is 24.3 Å². The molecule has 1 saturated carbocycles. The molecule has 4 heteroatoms. The van der Waals surface area contributed by atoms with Crippen LogP contribution in [0.2, 0.25) is 0 Å². The van der Waals surface area contributed by atoms with E-state index in [2.05, 4.69) is 10.6 Å². The summed E-state index contributed by atoms with van der Waals surface area (Å²) >= 11 is 0. The Bertz CT molecular complexity index is 479. The van der Waals surface area contributed by atoms with Crippen molar-refractivity contribution in [2.45, 2.75) is 26.7 Å². The lowest BCUT2D eigenvalue weighted by molar-refractivity contribution is -0.125. The highest BCUT2D eigenvalue weighted by atomic mass is 16.2. The second kappa shape index (κ2) is 5.21. The Labute approximate surface area is 107 Å². The number of carbonyl (C=O) groups is 2. The fourth-order valence-corrected chi connectivity index (χ4v) is 1.74. The lowest BCUT2D eigenvalue weighted by Gasteiger charge is -2.10. The van der Waals surface area contributed by atoms with Gasteiger partial charge in [0.2, 0.25) is 11.8 Å². The van der Waals surface area contributed by atoms with E-state index in [1.807, 2.05) is 32.0 Å². The van der Waals surface area contributed by atoms with Gasteiger partial charge >= 0.3 is 0 Å². The molecule has 1 aliphatic rings. The lowest BCUT2D eigenvalue weighted by atomic mass is 10.1. The van der Waals surface area contributed by atoms with Gasteiger partial charge in [0.15, 0.2) is 0 Å². The van der Waals surface area contributed by atoms with E-state index in [1.165, 1.54) is 0 Å². The van der Waals surface area contributed by atoms with Crippen molar-refractivity contribution in [2.75, 3.05) is 11.9 Å². The van der Waals surface area contributed by atoms with Crippen LogP contribution in [0.1, 0.15) is 24.0 Å². The molecule has 1 aliphatic carbocycles.